The molecule has 0 atom stereocenters. The van der Waals surface area contributed by atoms with Crippen molar-refractivity contribution in [1.82, 2.24) is 0 Å². The van der Waals surface area contributed by atoms with Crippen LogP contribution in [0.1, 0.15) is 61.7 Å². The fourth-order valence-corrected chi connectivity index (χ4v) is 3.58. The number of phenols is 1. The molecular formula is C24H32N2O5. The van der Waals surface area contributed by atoms with Crippen LogP contribution in [0.3, 0.4) is 0 Å². The van der Waals surface area contributed by atoms with Crippen LogP contribution < -0.4 is 9.64 Å². The Labute approximate surface area is 183 Å². The second kappa shape index (κ2) is 9.73. The molecule has 0 aromatic heterocycles. The molecule has 2 rings (SSSR count). The summed E-state index contributed by atoms with van der Waals surface area (Å²) in [6, 6.07) is 7.96. The first-order valence-corrected chi connectivity index (χ1v) is 10.3. The normalized spacial score (nSPS) is 12.0. The first-order chi connectivity index (χ1) is 14.5. The Morgan fingerprint density at radius 3 is 2.26 bits per heavy atom. The van der Waals surface area contributed by atoms with E-state index in [0.717, 1.165) is 29.8 Å². The molecule has 31 heavy (non-hydrogen) atoms. The first-order valence-electron chi connectivity index (χ1n) is 10.3. The number of benzene rings is 2. The Kier molecular flexibility index (Phi) is 7.55. The number of oxime groups is 1. The number of rotatable bonds is 8. The van der Waals surface area contributed by atoms with E-state index in [4.69, 9.17) is 9.84 Å². The minimum atomic E-state index is -1.22. The molecule has 0 bridgehead atoms. The highest BCUT2D eigenvalue weighted by atomic mass is 16.5. The number of anilines is 1. The molecule has 0 aliphatic rings. The van der Waals surface area contributed by atoms with Crippen molar-refractivity contribution in [1.29, 1.82) is 0 Å². The van der Waals surface area contributed by atoms with Gasteiger partial charge in [-0.05, 0) is 61.6 Å². The van der Waals surface area contributed by atoms with E-state index in [1.165, 1.54) is 23.9 Å². The molecule has 0 fully saturated rings. The third kappa shape index (κ3) is 5.48. The van der Waals surface area contributed by atoms with E-state index in [2.05, 4.69) is 44.7 Å². The summed E-state index contributed by atoms with van der Waals surface area (Å²) in [5.74, 6) is -1.33. The number of carboxylic acids is 1. The molecule has 0 heterocycles. The minimum Gasteiger partial charge on any atom is -0.507 e. The third-order valence-electron chi connectivity index (χ3n) is 5.22. The maximum absolute atomic E-state index is 11.0. The lowest BCUT2D eigenvalue weighted by Crippen LogP contribution is -2.28. The van der Waals surface area contributed by atoms with Crippen molar-refractivity contribution >= 4 is 17.4 Å². The van der Waals surface area contributed by atoms with Crippen LogP contribution in [0, 0.1) is 6.92 Å². The average Bonchev–Trinajstić information content (AvgIpc) is 2.69. The minimum absolute atomic E-state index is 0.0456. The maximum Gasteiger partial charge on any atom is 0.339 e. The van der Waals surface area contributed by atoms with Crippen molar-refractivity contribution in [3.05, 3.63) is 52.6 Å². The summed E-state index contributed by atoms with van der Waals surface area (Å²) in [6.45, 7) is 14.5. The summed E-state index contributed by atoms with van der Waals surface area (Å²) in [5.41, 5.74) is 4.16. The zero-order valence-electron chi connectivity index (χ0n) is 19.1. The van der Waals surface area contributed by atoms with Crippen molar-refractivity contribution in [3.63, 3.8) is 0 Å². The van der Waals surface area contributed by atoms with Gasteiger partial charge in [0.25, 0.3) is 0 Å². The van der Waals surface area contributed by atoms with Gasteiger partial charge in [0.2, 0.25) is 0 Å². The number of aryl methyl sites for hydroxylation is 1. The highest BCUT2D eigenvalue weighted by molar-refractivity contribution is 6.02. The molecule has 0 spiro atoms. The molecule has 0 saturated carbocycles. The van der Waals surface area contributed by atoms with Crippen LogP contribution in [-0.4, -0.2) is 46.8 Å². The van der Waals surface area contributed by atoms with Gasteiger partial charge in [-0.1, -0.05) is 25.9 Å². The van der Waals surface area contributed by atoms with Gasteiger partial charge in [0, 0.05) is 30.4 Å². The Morgan fingerprint density at radius 2 is 1.77 bits per heavy atom. The van der Waals surface area contributed by atoms with Crippen molar-refractivity contribution in [2.24, 2.45) is 5.16 Å². The van der Waals surface area contributed by atoms with E-state index in [1.807, 2.05) is 19.1 Å². The van der Waals surface area contributed by atoms with Crippen LogP contribution in [0.25, 0.3) is 0 Å². The molecule has 0 radical (unpaired) electrons. The number of aromatic hydroxyl groups is 1. The predicted molar refractivity (Wildman–Crippen MR) is 122 cm³/mol. The fraction of sp³-hybridized carbons (Fsp3) is 0.417. The zero-order valence-corrected chi connectivity index (χ0v) is 19.1. The summed E-state index contributed by atoms with van der Waals surface area (Å²) in [7, 11) is 0. The summed E-state index contributed by atoms with van der Waals surface area (Å²) in [4.78, 5) is 13.4. The third-order valence-corrected chi connectivity index (χ3v) is 5.22. The highest BCUT2D eigenvalue weighted by Crippen LogP contribution is 2.36. The Morgan fingerprint density at radius 1 is 1.13 bits per heavy atom. The highest BCUT2D eigenvalue weighted by Gasteiger charge is 2.24. The topological polar surface area (TPSA) is 103 Å². The molecule has 2 aromatic carbocycles. The van der Waals surface area contributed by atoms with Crippen molar-refractivity contribution in [3.8, 4) is 11.5 Å². The van der Waals surface area contributed by atoms with Gasteiger partial charge in [0.15, 0.2) is 0 Å². The number of aromatic carboxylic acids is 1. The number of hydrogen-bond acceptors (Lipinski definition) is 6. The van der Waals surface area contributed by atoms with Crippen LogP contribution in [0.2, 0.25) is 0 Å². The van der Waals surface area contributed by atoms with Gasteiger partial charge in [-0.2, -0.15) is 0 Å². The molecular weight excluding hydrogens is 396 g/mol. The number of hydrogen-bond donors (Lipinski definition) is 3. The second-order valence-electron chi connectivity index (χ2n) is 8.43. The molecule has 3 N–H and O–H groups in total. The van der Waals surface area contributed by atoms with Crippen molar-refractivity contribution in [2.45, 2.75) is 47.0 Å². The number of carbonyl (C=O) groups is 1. The molecule has 7 heteroatoms. The fourth-order valence-electron chi connectivity index (χ4n) is 3.58. The monoisotopic (exact) mass is 428 g/mol. The van der Waals surface area contributed by atoms with Gasteiger partial charge >= 0.3 is 5.97 Å². The lowest BCUT2D eigenvalue weighted by molar-refractivity contribution is 0.0693. The first kappa shape index (κ1) is 24.1. The number of carboxylic acid groups (broad SMARTS) is 1. The summed E-state index contributed by atoms with van der Waals surface area (Å²) < 4.78 is 5.66. The van der Waals surface area contributed by atoms with Gasteiger partial charge in [0.1, 0.15) is 29.4 Å². The molecule has 0 aliphatic carbocycles. The van der Waals surface area contributed by atoms with Crippen LogP contribution in [0.5, 0.6) is 11.5 Å². The quantitative estimate of drug-likeness (QED) is 0.317. The SMILES string of the molecule is CCN(CC)c1c(C)cc(/C(COc2ccc(C(=O)O)c(O)c2)=N/O)cc1C(C)(C)C. The van der Waals surface area contributed by atoms with Gasteiger partial charge in [-0.3, -0.25) is 0 Å². The molecule has 0 unspecified atom stereocenters. The molecule has 2 aromatic rings. The zero-order chi connectivity index (χ0) is 23.3. The van der Waals surface area contributed by atoms with Crippen LogP contribution >= 0.6 is 0 Å². The van der Waals surface area contributed by atoms with E-state index < -0.39 is 5.97 Å². The maximum atomic E-state index is 11.0. The lowest BCUT2D eigenvalue weighted by Gasteiger charge is -2.32. The van der Waals surface area contributed by atoms with Crippen LogP contribution in [0.4, 0.5) is 5.69 Å². The smallest absolute Gasteiger partial charge is 0.339 e. The van der Waals surface area contributed by atoms with E-state index in [1.54, 1.807) is 0 Å². The van der Waals surface area contributed by atoms with Crippen molar-refractivity contribution < 1.29 is 25.0 Å². The van der Waals surface area contributed by atoms with Gasteiger partial charge in [-0.25, -0.2) is 4.79 Å². The predicted octanol–water partition coefficient (Wildman–Crippen LogP) is 4.80. The van der Waals surface area contributed by atoms with Gasteiger partial charge in [-0.15, -0.1) is 0 Å². The van der Waals surface area contributed by atoms with Gasteiger partial charge in [0.05, 0.1) is 0 Å². The number of nitrogens with zero attached hydrogens (tertiary/aromatic N) is 2. The lowest BCUT2D eigenvalue weighted by atomic mass is 9.82. The van der Waals surface area contributed by atoms with Crippen molar-refractivity contribution in [2.75, 3.05) is 24.6 Å². The number of ether oxygens (including phenoxy) is 1. The van der Waals surface area contributed by atoms with E-state index in [-0.39, 0.29) is 29.1 Å². The molecule has 0 saturated heterocycles. The van der Waals surface area contributed by atoms with Gasteiger partial charge < -0.3 is 25.1 Å². The summed E-state index contributed by atoms with van der Waals surface area (Å²) >= 11 is 0. The van der Waals surface area contributed by atoms with E-state index in [9.17, 15) is 15.1 Å². The summed E-state index contributed by atoms with van der Waals surface area (Å²) in [5, 5.41) is 32.0. The molecule has 0 aliphatic heterocycles. The Balaban J connectivity index is 2.38. The largest absolute Gasteiger partial charge is 0.507 e. The van der Waals surface area contributed by atoms with E-state index >= 15 is 0 Å². The molecule has 168 valence electrons. The standard InChI is InChI=1S/C24H32N2O5/c1-7-26(8-2)22-15(3)11-16(12-19(22)24(4,5)6)20(25-30)14-31-17-9-10-18(23(28)29)21(27)13-17/h9-13,27,30H,7-8,14H2,1-6H3,(H,28,29)/b25-20+. The van der Waals surface area contributed by atoms with Crippen LogP contribution in [0.15, 0.2) is 35.5 Å². The summed E-state index contributed by atoms with van der Waals surface area (Å²) in [6.07, 6.45) is 0. The molecule has 7 nitrogen and oxygen atoms in total. The Bertz CT molecular complexity index is 973. The Hall–Kier alpha value is -3.22. The van der Waals surface area contributed by atoms with Crippen LogP contribution in [-0.2, 0) is 5.41 Å². The van der Waals surface area contributed by atoms with E-state index in [0.29, 0.717) is 5.71 Å². The second-order valence-corrected chi connectivity index (χ2v) is 8.43. The molecule has 0 amide bonds. The average molecular weight is 429 g/mol.